The lowest BCUT2D eigenvalue weighted by atomic mass is 9.55. The summed E-state index contributed by atoms with van der Waals surface area (Å²) >= 11 is 0. The van der Waals surface area contributed by atoms with Crippen LogP contribution in [0.5, 0.6) is 23.0 Å². The minimum atomic E-state index is -1.46. The lowest BCUT2D eigenvalue weighted by Gasteiger charge is -2.60. The van der Waals surface area contributed by atoms with Crippen molar-refractivity contribution in [3.63, 3.8) is 0 Å². The summed E-state index contributed by atoms with van der Waals surface area (Å²) in [5.74, 6) is 0.0532. The third-order valence-corrected chi connectivity index (χ3v) is 17.1. The minimum absolute atomic E-state index is 0.00338. The molecular weight excluding hydrogens is 999 g/mol. The number of nitrogens with zero attached hydrogens (tertiary/aromatic N) is 2. The molecule has 7 rings (SSSR count). The number of amides is 2. The Morgan fingerprint density at radius 1 is 0.785 bits per heavy atom. The van der Waals surface area contributed by atoms with Crippen LogP contribution in [-0.2, 0) is 25.7 Å². The Kier molecular flexibility index (Phi) is 26.6. The Morgan fingerprint density at radius 2 is 1.46 bits per heavy atom. The molecule has 79 heavy (non-hydrogen) atoms. The van der Waals surface area contributed by atoms with Crippen LogP contribution in [0.2, 0.25) is 0 Å². The molecule has 0 bridgehead atoms. The largest absolute Gasteiger partial charge is 0.459 e. The number of hydrogen-bond acceptors (Lipinski definition) is 12. The number of benzene rings is 2. The average molecular weight is 1100 g/mol. The molecule has 2 aromatic carbocycles. The topological polar surface area (TPSA) is 167 Å². The molecule has 2 aromatic rings. The summed E-state index contributed by atoms with van der Waals surface area (Å²) in [6, 6.07) is 10.8. The minimum Gasteiger partial charge on any atom is -0.459 e. The molecular formula is C65H99N3O11. The molecule has 440 valence electrons. The molecule has 14 nitrogen and oxygen atoms in total. The van der Waals surface area contributed by atoms with Crippen molar-refractivity contribution in [2.24, 2.45) is 22.9 Å². The fourth-order valence-electron chi connectivity index (χ4n) is 12.9. The van der Waals surface area contributed by atoms with Gasteiger partial charge in [0.05, 0.1) is 24.8 Å². The van der Waals surface area contributed by atoms with Crippen molar-refractivity contribution < 1.29 is 53.1 Å². The monoisotopic (exact) mass is 1100 g/mol. The first-order valence-electron chi connectivity index (χ1n) is 31.3. The zero-order valence-electron chi connectivity index (χ0n) is 48.4. The van der Waals surface area contributed by atoms with Crippen LogP contribution in [0.25, 0.3) is 0 Å². The number of unbranched alkanes of at least 4 members (excludes halogenated alkanes) is 19. The first kappa shape index (κ1) is 62.0. The van der Waals surface area contributed by atoms with Gasteiger partial charge < -0.3 is 53.7 Å². The van der Waals surface area contributed by atoms with E-state index in [1.807, 2.05) is 35.2 Å². The molecule has 5 aliphatic rings. The number of fused-ring (bicyclic) bond motifs is 3. The number of rotatable bonds is 38. The van der Waals surface area contributed by atoms with Crippen molar-refractivity contribution in [1.29, 1.82) is 0 Å². The third kappa shape index (κ3) is 17.9. The van der Waals surface area contributed by atoms with E-state index in [4.69, 9.17) is 38.4 Å². The highest BCUT2D eigenvalue weighted by molar-refractivity contribution is 6.03. The summed E-state index contributed by atoms with van der Waals surface area (Å²) in [5, 5.41) is 28.4. The Hall–Kier alpha value is -4.63. The van der Waals surface area contributed by atoms with Crippen LogP contribution in [0.15, 0.2) is 65.9 Å². The van der Waals surface area contributed by atoms with Crippen molar-refractivity contribution in [2.75, 3.05) is 39.8 Å². The standard InChI is InChI=1S/C65H99N3O11/c1-4-7-9-11-13-15-17-19-21-26-38-66-64(72)77-51-35-37-56-54(45-51)62-52(31-24-28-40-70)50(30-23-27-39-69)44-53-55(67-79-61-33-25-29-42-73-61)46-59(65(78-56,63(53)62)76-41-6-3)68(47-49-34-36-57-58(43-49)75-48-74-57)60(71)32-22-20-18-16-14-12-10-8-5-2/h6,34-37,43-45,50,52,59,61-63,69-70H,3-5,7-33,38-42,46-48H2,1-2H3,(H,66,72). The summed E-state index contributed by atoms with van der Waals surface area (Å²) in [6.45, 7) is 10.4. The lowest BCUT2D eigenvalue weighted by Crippen LogP contribution is -2.70. The molecule has 0 spiro atoms. The van der Waals surface area contributed by atoms with E-state index in [1.54, 1.807) is 12.1 Å². The number of aliphatic hydroxyl groups is 2. The van der Waals surface area contributed by atoms with Crippen LogP contribution in [0.4, 0.5) is 4.79 Å². The molecule has 2 amide bonds. The van der Waals surface area contributed by atoms with Gasteiger partial charge in [-0.1, -0.05) is 159 Å². The maximum Gasteiger partial charge on any atom is 0.412 e. The van der Waals surface area contributed by atoms with E-state index in [2.05, 4.69) is 31.8 Å². The smallest absolute Gasteiger partial charge is 0.412 e. The van der Waals surface area contributed by atoms with Gasteiger partial charge in [-0.25, -0.2) is 4.79 Å². The molecule has 0 aromatic heterocycles. The number of hydrogen-bond donors (Lipinski definition) is 3. The SMILES string of the molecule is C=CCOC12Oc3ccc(OC(=O)NCCCCCCCCCCCC)cc3C3C(CCCCO)C(CCCCO)C=C(C(=NOC4CCCCO4)CC1N(Cc1ccc4c(c1)OCO4)C(=O)CCCCCCCCCCC)C32. The molecule has 1 saturated heterocycles. The first-order valence-corrected chi connectivity index (χ1v) is 31.3. The number of oxime groups is 1. The van der Waals surface area contributed by atoms with Crippen molar-refractivity contribution in [1.82, 2.24) is 10.2 Å². The molecule has 14 heteroatoms. The van der Waals surface area contributed by atoms with Crippen LogP contribution >= 0.6 is 0 Å². The molecule has 3 heterocycles. The quantitative estimate of drug-likeness (QED) is 0.0333. The number of carbonyl (C=O) groups is 2. The second kappa shape index (κ2) is 34.0. The fourth-order valence-corrected chi connectivity index (χ4v) is 12.9. The van der Waals surface area contributed by atoms with Gasteiger partial charge >= 0.3 is 6.09 Å². The zero-order valence-corrected chi connectivity index (χ0v) is 48.4. The highest BCUT2D eigenvalue weighted by Crippen LogP contribution is 2.62. The van der Waals surface area contributed by atoms with Crippen LogP contribution in [0.1, 0.15) is 224 Å². The summed E-state index contributed by atoms with van der Waals surface area (Å²) in [4.78, 5) is 37.5. The van der Waals surface area contributed by atoms with Crippen molar-refractivity contribution in [2.45, 2.75) is 237 Å². The summed E-state index contributed by atoms with van der Waals surface area (Å²) in [7, 11) is 0. The van der Waals surface area contributed by atoms with Crippen molar-refractivity contribution in [3.05, 3.63) is 71.8 Å². The van der Waals surface area contributed by atoms with E-state index in [9.17, 15) is 15.0 Å². The second-order valence-electron chi connectivity index (χ2n) is 23.0. The Balaban J connectivity index is 1.27. The van der Waals surface area contributed by atoms with Crippen LogP contribution < -0.4 is 24.3 Å². The summed E-state index contributed by atoms with van der Waals surface area (Å²) < 4.78 is 38.7. The van der Waals surface area contributed by atoms with E-state index in [0.29, 0.717) is 67.5 Å². The van der Waals surface area contributed by atoms with Crippen LogP contribution in [0.3, 0.4) is 0 Å². The molecule has 0 radical (unpaired) electrons. The fraction of sp³-hybridized carbons (Fsp3) is 0.708. The predicted molar refractivity (Wildman–Crippen MR) is 310 cm³/mol. The summed E-state index contributed by atoms with van der Waals surface area (Å²) in [6.07, 6.45) is 33.1. The molecule has 1 saturated carbocycles. The van der Waals surface area contributed by atoms with Gasteiger partial charge in [-0.2, -0.15) is 0 Å². The Morgan fingerprint density at radius 3 is 2.14 bits per heavy atom. The van der Waals surface area contributed by atoms with Gasteiger partial charge in [0.15, 0.2) is 11.5 Å². The van der Waals surface area contributed by atoms with E-state index in [1.165, 1.54) is 77.0 Å². The maximum atomic E-state index is 15.5. The van der Waals surface area contributed by atoms with Gasteiger partial charge in [0.2, 0.25) is 24.8 Å². The highest BCUT2D eigenvalue weighted by Gasteiger charge is 2.65. The zero-order chi connectivity index (χ0) is 55.5. The molecule has 3 N–H and O–H groups in total. The maximum absolute atomic E-state index is 15.5. The first-order chi connectivity index (χ1) is 38.8. The average Bonchev–Trinajstić information content (AvgIpc) is 3.97. The number of ether oxygens (including phenoxy) is 6. The van der Waals surface area contributed by atoms with E-state index in [0.717, 1.165) is 100 Å². The predicted octanol–water partition coefficient (Wildman–Crippen LogP) is 14.5. The molecule has 7 atom stereocenters. The third-order valence-electron chi connectivity index (χ3n) is 17.1. The van der Waals surface area contributed by atoms with Gasteiger partial charge in [0.25, 0.3) is 0 Å². The van der Waals surface area contributed by atoms with Crippen LogP contribution in [0, 0.1) is 17.8 Å². The molecule has 2 aliphatic carbocycles. The Bertz CT molecular complexity index is 2210. The van der Waals surface area contributed by atoms with E-state index < -0.39 is 30.1 Å². The van der Waals surface area contributed by atoms with Crippen molar-refractivity contribution in [3.8, 4) is 23.0 Å². The highest BCUT2D eigenvalue weighted by atomic mass is 16.8. The van der Waals surface area contributed by atoms with E-state index >= 15 is 4.79 Å². The van der Waals surface area contributed by atoms with Gasteiger partial charge in [0.1, 0.15) is 17.5 Å². The molecule has 2 fully saturated rings. The molecule has 7 unspecified atom stereocenters. The number of allylic oxidation sites excluding steroid dienone is 1. The number of carbonyl (C=O) groups excluding carboxylic acids is 2. The molecule has 3 aliphatic heterocycles. The van der Waals surface area contributed by atoms with E-state index in [-0.39, 0.29) is 63.2 Å². The van der Waals surface area contributed by atoms with Gasteiger partial charge in [-0.3, -0.25) is 4.79 Å². The second-order valence-corrected chi connectivity index (χ2v) is 23.0. The van der Waals surface area contributed by atoms with Gasteiger partial charge in [-0.15, -0.1) is 6.58 Å². The number of aliphatic hydroxyl groups excluding tert-OH is 2. The normalized spacial score (nSPS) is 23.3. The number of nitrogens with one attached hydrogen (secondary N) is 1. The van der Waals surface area contributed by atoms with Gasteiger partial charge in [-0.05, 0) is 105 Å². The lowest BCUT2D eigenvalue weighted by molar-refractivity contribution is -0.258. The van der Waals surface area contributed by atoms with Crippen LogP contribution in [-0.4, -0.2) is 90.7 Å². The Labute approximate surface area is 473 Å². The summed E-state index contributed by atoms with van der Waals surface area (Å²) in [5.41, 5.74) is 3.42. The van der Waals surface area contributed by atoms with Crippen molar-refractivity contribution >= 4 is 17.7 Å². The van der Waals surface area contributed by atoms with Gasteiger partial charge in [0, 0.05) is 57.0 Å².